The van der Waals surface area contributed by atoms with Gasteiger partial charge in [0, 0.05) is 7.11 Å². The molecular weight excluding hydrogens is 264 g/mol. The van der Waals surface area contributed by atoms with Crippen LogP contribution in [-0.4, -0.2) is 31.5 Å². The van der Waals surface area contributed by atoms with Crippen LogP contribution in [0.15, 0.2) is 30.9 Å². The van der Waals surface area contributed by atoms with E-state index in [1.807, 2.05) is 0 Å². The smallest absolute Gasteiger partial charge is 0.249 e. The van der Waals surface area contributed by atoms with Gasteiger partial charge < -0.3 is 9.47 Å². The van der Waals surface area contributed by atoms with Crippen LogP contribution in [0.2, 0.25) is 0 Å². The summed E-state index contributed by atoms with van der Waals surface area (Å²) < 4.78 is 14.8. The summed E-state index contributed by atoms with van der Waals surface area (Å²) in [5.41, 5.74) is 5.16. The highest BCUT2D eigenvalue weighted by Crippen LogP contribution is 2.20. The molecule has 0 atom stereocenters. The van der Waals surface area contributed by atoms with Crippen molar-refractivity contribution in [3.8, 4) is 5.69 Å². The Morgan fingerprint density at radius 3 is 2.43 bits per heavy atom. The van der Waals surface area contributed by atoms with Gasteiger partial charge in [-0.3, -0.25) is 0 Å². The van der Waals surface area contributed by atoms with Gasteiger partial charge in [-0.2, -0.15) is 0 Å². The summed E-state index contributed by atoms with van der Waals surface area (Å²) in [6.45, 7) is 9.30. The fourth-order valence-electron chi connectivity index (χ4n) is 2.65. The number of rotatable bonds is 7. The summed E-state index contributed by atoms with van der Waals surface area (Å²) in [6, 6.07) is 4.45. The molecule has 0 saturated heterocycles. The number of hydrogen-bond acceptors (Lipinski definition) is 2. The number of benzene rings is 1. The molecule has 0 bridgehead atoms. The van der Waals surface area contributed by atoms with Crippen LogP contribution >= 0.6 is 0 Å². The van der Waals surface area contributed by atoms with Gasteiger partial charge in [0.25, 0.3) is 0 Å². The number of imidazole rings is 1. The highest BCUT2D eigenvalue weighted by Gasteiger charge is 2.12. The first-order chi connectivity index (χ1) is 10.1. The Bertz CT molecular complexity index is 567. The quantitative estimate of drug-likeness (QED) is 0.578. The van der Waals surface area contributed by atoms with Crippen LogP contribution in [0.1, 0.15) is 16.7 Å². The first kappa shape index (κ1) is 15.7. The zero-order valence-electron chi connectivity index (χ0n) is 13.4. The molecule has 21 heavy (non-hydrogen) atoms. The minimum atomic E-state index is 0.646. The van der Waals surface area contributed by atoms with Crippen LogP contribution in [0.5, 0.6) is 0 Å². The minimum absolute atomic E-state index is 0.646. The molecule has 2 rings (SSSR count). The maximum absolute atomic E-state index is 5.50. The van der Waals surface area contributed by atoms with E-state index >= 15 is 0 Å². The molecule has 114 valence electrons. The van der Waals surface area contributed by atoms with Crippen LogP contribution < -0.4 is 4.57 Å². The average molecular weight is 289 g/mol. The van der Waals surface area contributed by atoms with E-state index in [1.165, 1.54) is 22.4 Å². The zero-order valence-corrected chi connectivity index (χ0v) is 13.4. The monoisotopic (exact) mass is 289 g/mol. The summed E-state index contributed by atoms with van der Waals surface area (Å²) in [7, 11) is 1.68. The molecule has 1 aromatic heterocycles. The molecule has 0 radical (unpaired) electrons. The summed E-state index contributed by atoms with van der Waals surface area (Å²) in [5, 5.41) is 0. The molecule has 0 fully saturated rings. The molecule has 0 unspecified atom stereocenters. The second-order valence-corrected chi connectivity index (χ2v) is 5.41. The van der Waals surface area contributed by atoms with Crippen molar-refractivity contribution in [2.75, 3.05) is 26.9 Å². The predicted molar refractivity (Wildman–Crippen MR) is 82.9 cm³/mol. The highest BCUT2D eigenvalue weighted by atomic mass is 16.5. The molecule has 0 aliphatic carbocycles. The van der Waals surface area contributed by atoms with E-state index in [0.717, 1.165) is 6.54 Å². The van der Waals surface area contributed by atoms with Crippen molar-refractivity contribution in [2.45, 2.75) is 27.3 Å². The third-order valence-corrected chi connectivity index (χ3v) is 3.51. The first-order valence-electron chi connectivity index (χ1n) is 7.33. The molecule has 0 N–H and O–H groups in total. The van der Waals surface area contributed by atoms with E-state index in [-0.39, 0.29) is 0 Å². The Hall–Kier alpha value is -1.65. The Kier molecular flexibility index (Phi) is 5.53. The fourth-order valence-corrected chi connectivity index (χ4v) is 2.65. The number of methoxy groups -OCH3 is 1. The summed E-state index contributed by atoms with van der Waals surface area (Å²) in [6.07, 6.45) is 6.29. The lowest BCUT2D eigenvalue weighted by molar-refractivity contribution is -0.697. The van der Waals surface area contributed by atoms with Crippen LogP contribution in [0.3, 0.4) is 0 Å². The third-order valence-electron chi connectivity index (χ3n) is 3.51. The second kappa shape index (κ2) is 7.38. The molecule has 4 heteroatoms. The van der Waals surface area contributed by atoms with Crippen LogP contribution in [-0.2, 0) is 16.0 Å². The van der Waals surface area contributed by atoms with Gasteiger partial charge >= 0.3 is 0 Å². The van der Waals surface area contributed by atoms with Gasteiger partial charge in [-0.25, -0.2) is 9.13 Å². The number of aromatic nitrogens is 2. The SMILES string of the molecule is COCCOCC[n+]1ccn(-c2c(C)cc(C)cc2C)c1. The number of aryl methyl sites for hydroxylation is 3. The van der Waals surface area contributed by atoms with Crippen molar-refractivity contribution in [1.29, 1.82) is 0 Å². The van der Waals surface area contributed by atoms with Crippen molar-refractivity contribution in [1.82, 2.24) is 4.57 Å². The average Bonchev–Trinajstić information content (AvgIpc) is 2.86. The van der Waals surface area contributed by atoms with E-state index in [0.29, 0.717) is 19.8 Å². The highest BCUT2D eigenvalue weighted by molar-refractivity contribution is 5.48. The Morgan fingerprint density at radius 2 is 1.76 bits per heavy atom. The van der Waals surface area contributed by atoms with Crippen molar-refractivity contribution in [3.05, 3.63) is 47.5 Å². The maximum atomic E-state index is 5.50. The van der Waals surface area contributed by atoms with Gasteiger partial charge in [0.15, 0.2) is 0 Å². The Balaban J connectivity index is 2.03. The molecule has 0 amide bonds. The van der Waals surface area contributed by atoms with Gasteiger partial charge in [-0.15, -0.1) is 0 Å². The molecular formula is C17H25N2O2+. The van der Waals surface area contributed by atoms with Gasteiger partial charge in [0.05, 0.1) is 19.8 Å². The van der Waals surface area contributed by atoms with Crippen molar-refractivity contribution >= 4 is 0 Å². The molecule has 2 aromatic rings. The second-order valence-electron chi connectivity index (χ2n) is 5.41. The third kappa shape index (κ3) is 4.16. The molecule has 0 saturated carbocycles. The van der Waals surface area contributed by atoms with Crippen LogP contribution in [0.25, 0.3) is 5.69 Å². The van der Waals surface area contributed by atoms with Crippen molar-refractivity contribution in [3.63, 3.8) is 0 Å². The lowest BCUT2D eigenvalue weighted by Gasteiger charge is -2.07. The fraction of sp³-hybridized carbons (Fsp3) is 0.471. The molecule has 0 aliphatic heterocycles. The lowest BCUT2D eigenvalue weighted by atomic mass is 10.1. The topological polar surface area (TPSA) is 27.3 Å². The van der Waals surface area contributed by atoms with Crippen LogP contribution in [0.4, 0.5) is 0 Å². The number of nitrogens with zero attached hydrogens (tertiary/aromatic N) is 2. The minimum Gasteiger partial charge on any atom is -0.382 e. The molecule has 0 aliphatic rings. The summed E-state index contributed by atoms with van der Waals surface area (Å²) >= 11 is 0. The van der Waals surface area contributed by atoms with Crippen LogP contribution in [0, 0.1) is 20.8 Å². The maximum Gasteiger partial charge on any atom is 0.249 e. The van der Waals surface area contributed by atoms with E-state index in [9.17, 15) is 0 Å². The van der Waals surface area contributed by atoms with Crippen molar-refractivity contribution < 1.29 is 14.0 Å². The Labute approximate surface area is 126 Å². The first-order valence-corrected chi connectivity index (χ1v) is 7.33. The predicted octanol–water partition coefficient (Wildman–Crippen LogP) is 2.35. The van der Waals surface area contributed by atoms with Gasteiger partial charge in [-0.1, -0.05) is 17.7 Å². The number of hydrogen-bond donors (Lipinski definition) is 0. The number of ether oxygens (including phenoxy) is 2. The standard InChI is InChI=1S/C17H25N2O2/c1-14-11-15(2)17(16(3)12-14)19-6-5-18(13-19)7-8-21-10-9-20-4/h5-6,11-13H,7-10H2,1-4H3/q+1. The molecule has 0 spiro atoms. The molecule has 1 aromatic carbocycles. The van der Waals surface area contributed by atoms with E-state index < -0.39 is 0 Å². The largest absolute Gasteiger partial charge is 0.382 e. The summed E-state index contributed by atoms with van der Waals surface area (Å²) in [4.78, 5) is 0. The lowest BCUT2D eigenvalue weighted by Crippen LogP contribution is -2.33. The Morgan fingerprint density at radius 1 is 1.05 bits per heavy atom. The van der Waals surface area contributed by atoms with Gasteiger partial charge in [-0.05, 0) is 31.9 Å². The van der Waals surface area contributed by atoms with E-state index in [4.69, 9.17) is 9.47 Å². The normalized spacial score (nSPS) is 11.0. The van der Waals surface area contributed by atoms with Gasteiger partial charge in [0.2, 0.25) is 6.33 Å². The zero-order chi connectivity index (χ0) is 15.2. The van der Waals surface area contributed by atoms with Gasteiger partial charge in [0.1, 0.15) is 24.6 Å². The van der Waals surface area contributed by atoms with E-state index in [1.54, 1.807) is 7.11 Å². The van der Waals surface area contributed by atoms with E-state index in [2.05, 4.69) is 60.8 Å². The molecule has 1 heterocycles. The summed E-state index contributed by atoms with van der Waals surface area (Å²) in [5.74, 6) is 0. The van der Waals surface area contributed by atoms with Crippen molar-refractivity contribution in [2.24, 2.45) is 0 Å². The molecule has 4 nitrogen and oxygen atoms in total.